The normalized spacial score (nSPS) is 21.8. The van der Waals surface area contributed by atoms with Gasteiger partial charge in [-0.25, -0.2) is 12.8 Å². The quantitative estimate of drug-likeness (QED) is 0.271. The maximum Gasteiger partial charge on any atom is 0.430 e. The van der Waals surface area contributed by atoms with Crippen molar-refractivity contribution in [3.63, 3.8) is 0 Å². The zero-order valence-corrected chi connectivity index (χ0v) is 27.7. The number of hydrogen-bond acceptors (Lipinski definition) is 5. The highest BCUT2D eigenvalue weighted by molar-refractivity contribution is 7.92. The van der Waals surface area contributed by atoms with E-state index in [0.717, 1.165) is 34.6 Å². The second-order valence-electron chi connectivity index (χ2n) is 13.0. The van der Waals surface area contributed by atoms with Gasteiger partial charge in [-0.15, -0.1) is 0 Å². The average molecular weight is 737 g/mol. The van der Waals surface area contributed by atoms with Crippen LogP contribution >= 0.6 is 11.6 Å². The van der Waals surface area contributed by atoms with Gasteiger partial charge in [-0.3, -0.25) is 9.10 Å². The van der Waals surface area contributed by atoms with Crippen LogP contribution in [0.5, 0.6) is 0 Å². The Kier molecular flexibility index (Phi) is 9.35. The molecule has 49 heavy (non-hydrogen) atoms. The summed E-state index contributed by atoms with van der Waals surface area (Å²) in [5.74, 6) is -1.27. The highest BCUT2D eigenvalue weighted by Crippen LogP contribution is 2.51. The third-order valence-electron chi connectivity index (χ3n) is 9.54. The number of carbonyl (C=O) groups excluding carboxylic acids is 1. The van der Waals surface area contributed by atoms with Gasteiger partial charge >= 0.3 is 12.4 Å². The topological polar surface area (TPSA) is 98.2 Å². The molecule has 2 heterocycles. The molecule has 0 aromatic heterocycles. The SMILES string of the molecule is CC1(C)CN(C(=O)C[C@@H]2CCc3cc(C(O)(C(F)(F)F)C(F)(F)F)ccc3N2S(=O)(=O)c2ccc(F)cc2)CC[C@]1(O)c1ccc(Cl)cc1. The van der Waals surface area contributed by atoms with Gasteiger partial charge in [-0.1, -0.05) is 49.7 Å². The van der Waals surface area contributed by atoms with Crippen molar-refractivity contribution >= 4 is 33.2 Å². The molecular weight excluding hydrogens is 705 g/mol. The molecule has 3 aromatic rings. The van der Waals surface area contributed by atoms with E-state index in [9.17, 15) is 54.2 Å². The Bertz CT molecular complexity index is 1820. The van der Waals surface area contributed by atoms with Gasteiger partial charge in [0.15, 0.2) is 0 Å². The zero-order valence-electron chi connectivity index (χ0n) is 26.1. The molecule has 2 aliphatic rings. The number of amides is 1. The monoisotopic (exact) mass is 736 g/mol. The van der Waals surface area contributed by atoms with Crippen molar-refractivity contribution in [1.29, 1.82) is 0 Å². The van der Waals surface area contributed by atoms with Crippen molar-refractivity contribution in [2.24, 2.45) is 5.41 Å². The molecule has 3 aromatic carbocycles. The second-order valence-corrected chi connectivity index (χ2v) is 15.3. The van der Waals surface area contributed by atoms with Crippen LogP contribution in [0.1, 0.15) is 49.8 Å². The fraction of sp³-hybridized carbons (Fsp3) is 0.424. The van der Waals surface area contributed by atoms with Gasteiger partial charge in [-0.05, 0) is 72.9 Å². The molecule has 1 fully saturated rings. The number of benzene rings is 3. The molecule has 16 heteroatoms. The number of likely N-dealkylation sites (tertiary alicyclic amines) is 1. The second kappa shape index (κ2) is 12.4. The molecule has 5 rings (SSSR count). The summed E-state index contributed by atoms with van der Waals surface area (Å²) in [7, 11) is -4.67. The van der Waals surface area contributed by atoms with E-state index in [-0.39, 0.29) is 43.6 Å². The number of piperidine rings is 1. The molecule has 0 aliphatic carbocycles. The first-order valence-corrected chi connectivity index (χ1v) is 16.9. The summed E-state index contributed by atoms with van der Waals surface area (Å²) in [5, 5.41) is 22.2. The molecule has 7 nitrogen and oxygen atoms in total. The molecule has 2 aliphatic heterocycles. The summed E-state index contributed by atoms with van der Waals surface area (Å²) in [6, 6.07) is 10.7. The molecule has 1 saturated heterocycles. The van der Waals surface area contributed by atoms with Gasteiger partial charge in [-0.2, -0.15) is 26.3 Å². The lowest BCUT2D eigenvalue weighted by Gasteiger charge is -2.51. The van der Waals surface area contributed by atoms with Crippen LogP contribution in [0.25, 0.3) is 0 Å². The first kappa shape index (κ1) is 36.9. The molecule has 2 N–H and O–H groups in total. The van der Waals surface area contributed by atoms with Gasteiger partial charge in [0, 0.05) is 35.5 Å². The van der Waals surface area contributed by atoms with E-state index >= 15 is 0 Å². The standard InChI is InChI=1S/C33H32ClF7N2O5S/c1-29(2)19-42(16-15-30(29,45)21-4-7-23(34)8-5-21)28(44)18-25-11-3-20-17-22(31(46,32(36,37)38)33(39,40)41)6-14-27(20)43(25)49(47,48)26-12-9-24(35)10-13-26/h4-10,12-14,17,25,45-46H,3,11,15-16,18-19H2,1-2H3/t25-,30-/m0/s1. The number of aliphatic hydroxyl groups is 2. The summed E-state index contributed by atoms with van der Waals surface area (Å²) in [4.78, 5) is 14.8. The van der Waals surface area contributed by atoms with Crippen molar-refractivity contribution in [3.05, 3.63) is 94.3 Å². The van der Waals surface area contributed by atoms with Crippen LogP contribution < -0.4 is 4.31 Å². The number of hydrogen-bond donors (Lipinski definition) is 2. The summed E-state index contributed by atoms with van der Waals surface area (Å²) in [6.45, 7) is 3.69. The summed E-state index contributed by atoms with van der Waals surface area (Å²) in [6.07, 6.45) is -13.0. The molecule has 0 saturated carbocycles. The smallest absolute Gasteiger partial charge is 0.384 e. The predicted octanol–water partition coefficient (Wildman–Crippen LogP) is 6.84. The first-order valence-electron chi connectivity index (χ1n) is 15.1. The van der Waals surface area contributed by atoms with Crippen LogP contribution in [0.2, 0.25) is 5.02 Å². The van der Waals surface area contributed by atoms with E-state index in [1.54, 1.807) is 38.1 Å². The highest BCUT2D eigenvalue weighted by Gasteiger charge is 2.71. The number of alkyl halides is 6. The summed E-state index contributed by atoms with van der Waals surface area (Å²) >= 11 is 6.01. The van der Waals surface area contributed by atoms with Gasteiger partial charge in [0.25, 0.3) is 15.6 Å². The Labute approximate surface area is 283 Å². The molecule has 0 bridgehead atoms. The lowest BCUT2D eigenvalue weighted by molar-refractivity contribution is -0.376. The van der Waals surface area contributed by atoms with Crippen LogP contribution in [0.15, 0.2) is 71.6 Å². The van der Waals surface area contributed by atoms with Crippen molar-refractivity contribution < 1.29 is 54.2 Å². The summed E-state index contributed by atoms with van der Waals surface area (Å²) < 4.78 is 125. The molecule has 1 amide bonds. The number of fused-ring (bicyclic) bond motifs is 1. The number of sulfonamides is 1. The van der Waals surface area contributed by atoms with Gasteiger partial charge in [0.1, 0.15) is 5.82 Å². The average Bonchev–Trinajstić information content (AvgIpc) is 3.00. The van der Waals surface area contributed by atoms with Crippen LogP contribution in [-0.2, 0) is 32.4 Å². The van der Waals surface area contributed by atoms with Crippen molar-refractivity contribution in [1.82, 2.24) is 4.90 Å². The fourth-order valence-electron chi connectivity index (χ4n) is 6.71. The van der Waals surface area contributed by atoms with E-state index in [2.05, 4.69) is 0 Å². The first-order chi connectivity index (χ1) is 22.5. The number of carbonyl (C=O) groups is 1. The number of nitrogens with zero attached hydrogens (tertiary/aromatic N) is 2. The Morgan fingerprint density at radius 2 is 1.55 bits per heavy atom. The number of halogens is 8. The lowest BCUT2D eigenvalue weighted by Crippen LogP contribution is -2.57. The molecule has 0 unspecified atom stereocenters. The molecule has 2 atom stereocenters. The lowest BCUT2D eigenvalue weighted by atomic mass is 9.66. The fourth-order valence-corrected chi connectivity index (χ4v) is 8.55. The van der Waals surface area contributed by atoms with Crippen LogP contribution in [0.4, 0.5) is 36.4 Å². The maximum absolute atomic E-state index is 14.0. The summed E-state index contributed by atoms with van der Waals surface area (Å²) in [5.41, 5.74) is -8.97. The Balaban J connectivity index is 1.50. The van der Waals surface area contributed by atoms with Crippen LogP contribution in [0, 0.1) is 11.2 Å². The van der Waals surface area contributed by atoms with Gasteiger partial charge in [0.05, 0.1) is 22.2 Å². The minimum absolute atomic E-state index is 0.0653. The Morgan fingerprint density at radius 1 is 0.959 bits per heavy atom. The van der Waals surface area contributed by atoms with E-state index in [1.165, 1.54) is 4.90 Å². The minimum atomic E-state index is -6.16. The third-order valence-corrected chi connectivity index (χ3v) is 11.7. The molecule has 266 valence electrons. The molecule has 0 spiro atoms. The largest absolute Gasteiger partial charge is 0.430 e. The maximum atomic E-state index is 14.0. The van der Waals surface area contributed by atoms with Crippen LogP contribution in [-0.4, -0.2) is 60.9 Å². The van der Waals surface area contributed by atoms with Gasteiger partial charge in [0.2, 0.25) is 5.91 Å². The number of rotatable bonds is 6. The van der Waals surface area contributed by atoms with Crippen LogP contribution in [0.3, 0.4) is 0 Å². The number of anilines is 1. The van der Waals surface area contributed by atoms with E-state index in [0.29, 0.717) is 22.7 Å². The highest BCUT2D eigenvalue weighted by atomic mass is 35.5. The van der Waals surface area contributed by atoms with Crippen molar-refractivity contribution in [2.45, 2.75) is 74.0 Å². The number of aryl methyl sites for hydroxylation is 1. The van der Waals surface area contributed by atoms with Gasteiger partial charge < -0.3 is 15.1 Å². The zero-order chi connectivity index (χ0) is 36.4. The van der Waals surface area contributed by atoms with E-state index < -0.39 is 73.6 Å². The van der Waals surface area contributed by atoms with Crippen molar-refractivity contribution in [3.8, 4) is 0 Å². The Morgan fingerprint density at radius 3 is 2.10 bits per heavy atom. The van der Waals surface area contributed by atoms with E-state index in [4.69, 9.17) is 11.6 Å². The third kappa shape index (κ3) is 6.38. The molecule has 0 radical (unpaired) electrons. The van der Waals surface area contributed by atoms with Crippen molar-refractivity contribution in [2.75, 3.05) is 17.4 Å². The van der Waals surface area contributed by atoms with E-state index in [1.807, 2.05) is 0 Å². The predicted molar refractivity (Wildman–Crippen MR) is 166 cm³/mol. The Hall–Kier alpha value is -3.40. The molecular formula is C33H32ClF7N2O5S. The minimum Gasteiger partial charge on any atom is -0.384 e.